The minimum absolute atomic E-state index is 0.157. The molecule has 0 fully saturated rings. The van der Waals surface area contributed by atoms with Crippen molar-refractivity contribution in [3.05, 3.63) is 52.7 Å². The Morgan fingerprint density at radius 2 is 1.80 bits per heavy atom. The highest BCUT2D eigenvalue weighted by Crippen LogP contribution is 2.29. The number of hydrogen-bond acceptors (Lipinski definition) is 4. The lowest BCUT2D eigenvalue weighted by Gasteiger charge is -2.13. The first-order chi connectivity index (χ1) is 9.60. The molecule has 0 aliphatic rings. The summed E-state index contributed by atoms with van der Waals surface area (Å²) in [5.74, 6) is 0.758. The van der Waals surface area contributed by atoms with E-state index in [1.807, 2.05) is 19.9 Å². The van der Waals surface area contributed by atoms with Gasteiger partial charge in [0, 0.05) is 6.20 Å². The lowest BCUT2D eigenvalue weighted by molar-refractivity contribution is 0.103. The highest BCUT2D eigenvalue weighted by Gasteiger charge is 2.20. The molecule has 0 spiro atoms. The molecule has 0 aliphatic carbocycles. The smallest absolute Gasteiger partial charge is 0.224 e. The van der Waals surface area contributed by atoms with Crippen LogP contribution in [-0.2, 0) is 0 Å². The molecule has 0 saturated carbocycles. The minimum atomic E-state index is -0.157. The Hall–Kier alpha value is -2.36. The van der Waals surface area contributed by atoms with Crippen molar-refractivity contribution in [1.29, 1.82) is 0 Å². The van der Waals surface area contributed by atoms with Gasteiger partial charge in [0.1, 0.15) is 5.75 Å². The molecular formula is C16H17NO3. The van der Waals surface area contributed by atoms with E-state index in [4.69, 9.17) is 9.47 Å². The fourth-order valence-corrected chi connectivity index (χ4v) is 2.10. The van der Waals surface area contributed by atoms with E-state index in [1.54, 1.807) is 31.5 Å². The standard InChI is InChI=1S/C16H17NO3/c1-10-7-8-12(15(19-3)11(10)2)14(18)13-6-5-9-17-16(13)20-4/h5-9H,1-4H3. The molecule has 1 aromatic heterocycles. The van der Waals surface area contributed by atoms with E-state index in [9.17, 15) is 4.79 Å². The zero-order valence-electron chi connectivity index (χ0n) is 12.1. The molecule has 0 radical (unpaired) electrons. The third-order valence-corrected chi connectivity index (χ3v) is 3.33. The van der Waals surface area contributed by atoms with Gasteiger partial charge in [0.2, 0.25) is 11.7 Å². The SMILES string of the molecule is COc1ncccc1C(=O)c1ccc(C)c(C)c1OC. The summed E-state index contributed by atoms with van der Waals surface area (Å²) in [6.07, 6.45) is 1.59. The zero-order valence-corrected chi connectivity index (χ0v) is 12.1. The van der Waals surface area contributed by atoms with Gasteiger partial charge in [-0.1, -0.05) is 6.07 Å². The molecule has 0 atom stereocenters. The van der Waals surface area contributed by atoms with Crippen LogP contribution in [0.3, 0.4) is 0 Å². The number of carbonyl (C=O) groups excluding carboxylic acids is 1. The molecule has 0 N–H and O–H groups in total. The summed E-state index contributed by atoms with van der Waals surface area (Å²) >= 11 is 0. The summed E-state index contributed by atoms with van der Waals surface area (Å²) in [5.41, 5.74) is 2.98. The first-order valence-electron chi connectivity index (χ1n) is 6.28. The third kappa shape index (κ3) is 2.37. The average Bonchev–Trinajstić information content (AvgIpc) is 2.49. The Morgan fingerprint density at radius 1 is 1.05 bits per heavy atom. The number of rotatable bonds is 4. The van der Waals surface area contributed by atoms with Gasteiger partial charge in [-0.05, 0) is 43.2 Å². The predicted octanol–water partition coefficient (Wildman–Crippen LogP) is 2.95. The molecule has 0 bridgehead atoms. The van der Waals surface area contributed by atoms with Gasteiger partial charge in [-0.25, -0.2) is 4.98 Å². The van der Waals surface area contributed by atoms with Crippen LogP contribution in [0, 0.1) is 13.8 Å². The van der Waals surface area contributed by atoms with Crippen LogP contribution in [0.2, 0.25) is 0 Å². The number of ketones is 1. The van der Waals surface area contributed by atoms with Crippen LogP contribution in [0.25, 0.3) is 0 Å². The van der Waals surface area contributed by atoms with Crippen LogP contribution in [-0.4, -0.2) is 25.0 Å². The van der Waals surface area contributed by atoms with Crippen molar-refractivity contribution in [3.8, 4) is 11.6 Å². The van der Waals surface area contributed by atoms with Gasteiger partial charge in [0.15, 0.2) is 0 Å². The van der Waals surface area contributed by atoms with Gasteiger partial charge in [0.05, 0.1) is 25.3 Å². The Bertz CT molecular complexity index is 650. The van der Waals surface area contributed by atoms with Crippen molar-refractivity contribution in [1.82, 2.24) is 4.98 Å². The first kappa shape index (κ1) is 14.1. The zero-order chi connectivity index (χ0) is 14.7. The van der Waals surface area contributed by atoms with Gasteiger partial charge < -0.3 is 9.47 Å². The Labute approximate surface area is 118 Å². The molecule has 0 aliphatic heterocycles. The number of methoxy groups -OCH3 is 2. The van der Waals surface area contributed by atoms with Gasteiger partial charge in [-0.15, -0.1) is 0 Å². The minimum Gasteiger partial charge on any atom is -0.496 e. The molecule has 4 heteroatoms. The molecule has 0 unspecified atom stereocenters. The Kier molecular flexibility index (Phi) is 4.03. The largest absolute Gasteiger partial charge is 0.496 e. The highest BCUT2D eigenvalue weighted by molar-refractivity contribution is 6.12. The van der Waals surface area contributed by atoms with E-state index in [0.29, 0.717) is 22.8 Å². The van der Waals surface area contributed by atoms with Gasteiger partial charge >= 0.3 is 0 Å². The van der Waals surface area contributed by atoms with Crippen molar-refractivity contribution in [2.45, 2.75) is 13.8 Å². The maximum atomic E-state index is 12.7. The lowest BCUT2D eigenvalue weighted by atomic mass is 9.98. The fourth-order valence-electron chi connectivity index (χ4n) is 2.10. The van der Waals surface area contributed by atoms with E-state index in [2.05, 4.69) is 4.98 Å². The summed E-state index contributed by atoms with van der Waals surface area (Å²) in [5, 5.41) is 0. The maximum absolute atomic E-state index is 12.7. The van der Waals surface area contributed by atoms with Crippen LogP contribution in [0.1, 0.15) is 27.0 Å². The first-order valence-corrected chi connectivity index (χ1v) is 6.28. The number of hydrogen-bond donors (Lipinski definition) is 0. The number of carbonyl (C=O) groups is 1. The molecule has 2 rings (SSSR count). The van der Waals surface area contributed by atoms with E-state index in [1.165, 1.54) is 7.11 Å². The van der Waals surface area contributed by atoms with E-state index in [0.717, 1.165) is 11.1 Å². The molecule has 4 nitrogen and oxygen atoms in total. The van der Waals surface area contributed by atoms with Crippen LogP contribution >= 0.6 is 0 Å². The average molecular weight is 271 g/mol. The van der Waals surface area contributed by atoms with Crippen LogP contribution in [0.15, 0.2) is 30.5 Å². The number of nitrogens with zero attached hydrogens (tertiary/aromatic N) is 1. The monoisotopic (exact) mass is 271 g/mol. The van der Waals surface area contributed by atoms with Crippen molar-refractivity contribution < 1.29 is 14.3 Å². The second-order valence-corrected chi connectivity index (χ2v) is 4.48. The molecule has 2 aromatic rings. The number of benzene rings is 1. The number of pyridine rings is 1. The van der Waals surface area contributed by atoms with Crippen molar-refractivity contribution >= 4 is 5.78 Å². The molecule has 20 heavy (non-hydrogen) atoms. The van der Waals surface area contributed by atoms with Crippen molar-refractivity contribution in [2.24, 2.45) is 0 Å². The quantitative estimate of drug-likeness (QED) is 0.802. The summed E-state index contributed by atoms with van der Waals surface area (Å²) < 4.78 is 10.5. The van der Waals surface area contributed by atoms with Crippen molar-refractivity contribution in [3.63, 3.8) is 0 Å². The number of aryl methyl sites for hydroxylation is 1. The van der Waals surface area contributed by atoms with Crippen LogP contribution in [0.5, 0.6) is 11.6 Å². The molecule has 1 heterocycles. The molecule has 0 saturated heterocycles. The van der Waals surface area contributed by atoms with Crippen LogP contribution in [0.4, 0.5) is 0 Å². The van der Waals surface area contributed by atoms with Crippen molar-refractivity contribution in [2.75, 3.05) is 14.2 Å². The summed E-state index contributed by atoms with van der Waals surface area (Å²) in [6.45, 7) is 3.92. The summed E-state index contributed by atoms with van der Waals surface area (Å²) in [6, 6.07) is 7.09. The van der Waals surface area contributed by atoms with E-state index >= 15 is 0 Å². The number of aromatic nitrogens is 1. The second kappa shape index (κ2) is 5.74. The third-order valence-electron chi connectivity index (χ3n) is 3.33. The number of ether oxygens (including phenoxy) is 2. The van der Waals surface area contributed by atoms with E-state index in [-0.39, 0.29) is 5.78 Å². The molecule has 0 amide bonds. The van der Waals surface area contributed by atoms with Gasteiger partial charge in [-0.3, -0.25) is 4.79 Å². The summed E-state index contributed by atoms with van der Waals surface area (Å²) in [7, 11) is 3.07. The molecule has 1 aromatic carbocycles. The predicted molar refractivity (Wildman–Crippen MR) is 76.7 cm³/mol. The summed E-state index contributed by atoms with van der Waals surface area (Å²) in [4.78, 5) is 16.7. The normalized spacial score (nSPS) is 10.2. The molecule has 104 valence electrons. The van der Waals surface area contributed by atoms with Crippen LogP contribution < -0.4 is 9.47 Å². The maximum Gasteiger partial charge on any atom is 0.224 e. The van der Waals surface area contributed by atoms with Gasteiger partial charge in [0.25, 0.3) is 0 Å². The fraction of sp³-hybridized carbons (Fsp3) is 0.250. The Balaban J connectivity index is 2.57. The van der Waals surface area contributed by atoms with Gasteiger partial charge in [-0.2, -0.15) is 0 Å². The van der Waals surface area contributed by atoms with E-state index < -0.39 is 0 Å². The molecular weight excluding hydrogens is 254 g/mol. The highest BCUT2D eigenvalue weighted by atomic mass is 16.5. The second-order valence-electron chi connectivity index (χ2n) is 4.48. The Morgan fingerprint density at radius 3 is 2.45 bits per heavy atom. The topological polar surface area (TPSA) is 48.4 Å². The lowest BCUT2D eigenvalue weighted by Crippen LogP contribution is -2.08.